The van der Waals surface area contributed by atoms with Crippen LogP contribution in [0.25, 0.3) is 10.9 Å². The molecule has 2 atom stereocenters. The van der Waals surface area contributed by atoms with Crippen LogP contribution in [0.5, 0.6) is 5.75 Å². The molecule has 164 valence electrons. The quantitative estimate of drug-likeness (QED) is 0.560. The average Bonchev–Trinajstić information content (AvgIpc) is 2.73. The minimum absolute atomic E-state index is 0.435. The molecular formula is C25H26F3NO2. The van der Waals surface area contributed by atoms with Gasteiger partial charge in [0.2, 0.25) is 0 Å². The van der Waals surface area contributed by atoms with E-state index in [1.165, 1.54) is 13.3 Å². The average molecular weight is 429 g/mol. The summed E-state index contributed by atoms with van der Waals surface area (Å²) in [4.78, 5) is 4.24. The number of benzene rings is 2. The van der Waals surface area contributed by atoms with Gasteiger partial charge < -0.3 is 9.84 Å². The number of methoxy groups -OCH3 is 1. The van der Waals surface area contributed by atoms with Crippen LogP contribution in [-0.4, -0.2) is 29.0 Å². The van der Waals surface area contributed by atoms with E-state index in [4.69, 9.17) is 4.74 Å². The molecule has 3 aromatic rings. The van der Waals surface area contributed by atoms with Crippen LogP contribution in [0.1, 0.15) is 42.9 Å². The molecule has 1 aliphatic carbocycles. The highest BCUT2D eigenvalue weighted by molar-refractivity contribution is 5.82. The molecule has 0 saturated carbocycles. The molecule has 4 rings (SSSR count). The summed E-state index contributed by atoms with van der Waals surface area (Å²) in [6, 6.07) is 14.2. The topological polar surface area (TPSA) is 42.4 Å². The van der Waals surface area contributed by atoms with Crippen LogP contribution in [0.15, 0.2) is 54.7 Å². The van der Waals surface area contributed by atoms with Crippen LogP contribution >= 0.6 is 0 Å². The maximum Gasteiger partial charge on any atom is 0.417 e. The number of aromatic nitrogens is 1. The summed E-state index contributed by atoms with van der Waals surface area (Å²) in [5.74, 6) is 0.582. The number of alkyl halides is 3. The number of aryl methyl sites for hydroxylation is 1. The summed E-state index contributed by atoms with van der Waals surface area (Å²) < 4.78 is 48.6. The van der Waals surface area contributed by atoms with E-state index in [1.54, 1.807) is 36.4 Å². The zero-order valence-corrected chi connectivity index (χ0v) is 17.7. The first kappa shape index (κ1) is 21.6. The summed E-state index contributed by atoms with van der Waals surface area (Å²) in [5.41, 5.74) is -0.933. The molecular weight excluding hydrogens is 403 g/mol. The zero-order chi connectivity index (χ0) is 22.3. The number of para-hydroxylation sites is 1. The fourth-order valence-corrected chi connectivity index (χ4v) is 5.14. The Labute approximate surface area is 179 Å². The van der Waals surface area contributed by atoms with Crippen molar-refractivity contribution in [2.75, 3.05) is 7.11 Å². The van der Waals surface area contributed by atoms with Crippen molar-refractivity contribution < 1.29 is 23.0 Å². The van der Waals surface area contributed by atoms with Gasteiger partial charge in [0.15, 0.2) is 5.60 Å². The Morgan fingerprint density at radius 3 is 2.61 bits per heavy atom. The van der Waals surface area contributed by atoms with E-state index in [-0.39, 0.29) is 0 Å². The third kappa shape index (κ3) is 3.89. The predicted octanol–water partition coefficient (Wildman–Crippen LogP) is 5.76. The highest BCUT2D eigenvalue weighted by Gasteiger charge is 2.57. The van der Waals surface area contributed by atoms with Gasteiger partial charge in [0.1, 0.15) is 5.75 Å². The molecule has 0 aliphatic heterocycles. The smallest absolute Gasteiger partial charge is 0.417 e. The van der Waals surface area contributed by atoms with Gasteiger partial charge in [-0.3, -0.25) is 4.98 Å². The second-order valence-electron chi connectivity index (χ2n) is 8.78. The SMILES string of the molecule is COc1cccc2c1C(C)(CC(O)(Cc1ccnc3ccccc13)C(F)(F)F)CCC2. The second-order valence-corrected chi connectivity index (χ2v) is 8.78. The van der Waals surface area contributed by atoms with Gasteiger partial charge in [-0.1, -0.05) is 37.3 Å². The Bertz CT molecular complexity index is 1080. The third-order valence-electron chi connectivity index (χ3n) is 6.54. The summed E-state index contributed by atoms with van der Waals surface area (Å²) in [5, 5.41) is 11.8. The molecule has 31 heavy (non-hydrogen) atoms. The summed E-state index contributed by atoms with van der Waals surface area (Å²) >= 11 is 0. The number of hydrogen-bond acceptors (Lipinski definition) is 3. The van der Waals surface area contributed by atoms with Gasteiger partial charge in [0.25, 0.3) is 0 Å². The van der Waals surface area contributed by atoms with Crippen molar-refractivity contribution >= 4 is 10.9 Å². The first-order valence-corrected chi connectivity index (χ1v) is 10.4. The molecule has 0 fully saturated rings. The Kier molecular flexibility index (Phi) is 5.46. The number of fused-ring (bicyclic) bond motifs is 2. The minimum Gasteiger partial charge on any atom is -0.496 e. The lowest BCUT2D eigenvalue weighted by Crippen LogP contribution is -2.52. The van der Waals surface area contributed by atoms with E-state index in [1.807, 2.05) is 19.1 Å². The standard InChI is InChI=1S/C25H26F3NO2/c1-23(13-6-8-17-7-5-11-21(31-2)22(17)23)16-24(30,25(26,27)28)15-18-12-14-29-20-10-4-3-9-19(18)20/h3-5,7,9-12,14,30H,6,8,13,15-16H2,1-2H3. The molecule has 0 amide bonds. The van der Waals surface area contributed by atoms with Crippen molar-refractivity contribution in [1.82, 2.24) is 4.98 Å². The summed E-state index contributed by atoms with van der Waals surface area (Å²) in [6.45, 7) is 1.81. The predicted molar refractivity (Wildman–Crippen MR) is 114 cm³/mol. The van der Waals surface area contributed by atoms with Crippen molar-refractivity contribution in [2.24, 2.45) is 0 Å². The lowest BCUT2D eigenvalue weighted by Gasteiger charge is -2.43. The third-order valence-corrected chi connectivity index (χ3v) is 6.54. The van der Waals surface area contributed by atoms with Crippen molar-refractivity contribution in [3.63, 3.8) is 0 Å². The Balaban J connectivity index is 1.78. The van der Waals surface area contributed by atoms with Gasteiger partial charge in [-0.25, -0.2) is 0 Å². The van der Waals surface area contributed by atoms with Crippen LogP contribution in [0.2, 0.25) is 0 Å². The molecule has 0 saturated heterocycles. The molecule has 1 aromatic heterocycles. The van der Waals surface area contributed by atoms with Crippen molar-refractivity contribution in [1.29, 1.82) is 0 Å². The molecule has 0 radical (unpaired) electrons. The van der Waals surface area contributed by atoms with Crippen LogP contribution in [0.4, 0.5) is 13.2 Å². The van der Waals surface area contributed by atoms with Crippen LogP contribution in [-0.2, 0) is 18.3 Å². The molecule has 6 heteroatoms. The zero-order valence-electron chi connectivity index (χ0n) is 17.7. The van der Waals surface area contributed by atoms with Gasteiger partial charge in [-0.15, -0.1) is 0 Å². The lowest BCUT2D eigenvalue weighted by molar-refractivity contribution is -0.267. The number of nitrogens with zero attached hydrogens (tertiary/aromatic N) is 1. The van der Waals surface area contributed by atoms with E-state index < -0.39 is 30.0 Å². The summed E-state index contributed by atoms with van der Waals surface area (Å²) in [7, 11) is 1.53. The lowest BCUT2D eigenvalue weighted by atomic mass is 9.64. The minimum atomic E-state index is -4.79. The van der Waals surface area contributed by atoms with Gasteiger partial charge in [-0.05, 0) is 60.4 Å². The van der Waals surface area contributed by atoms with Crippen molar-refractivity contribution in [2.45, 2.75) is 56.2 Å². The summed E-state index contributed by atoms with van der Waals surface area (Å²) in [6.07, 6.45) is -2.15. The largest absolute Gasteiger partial charge is 0.496 e. The molecule has 0 spiro atoms. The fraction of sp³-hybridized carbons (Fsp3) is 0.400. The highest BCUT2D eigenvalue weighted by atomic mass is 19.4. The van der Waals surface area contributed by atoms with E-state index in [2.05, 4.69) is 4.98 Å². The monoisotopic (exact) mass is 429 g/mol. The first-order valence-electron chi connectivity index (χ1n) is 10.4. The maximum absolute atomic E-state index is 14.4. The number of hydrogen-bond donors (Lipinski definition) is 1. The van der Waals surface area contributed by atoms with Crippen molar-refractivity contribution in [3.8, 4) is 5.75 Å². The van der Waals surface area contributed by atoms with Crippen LogP contribution in [0, 0.1) is 0 Å². The maximum atomic E-state index is 14.4. The molecule has 1 aliphatic rings. The Morgan fingerprint density at radius 2 is 1.87 bits per heavy atom. The van der Waals surface area contributed by atoms with Gasteiger partial charge in [0.05, 0.1) is 12.6 Å². The van der Waals surface area contributed by atoms with Crippen LogP contribution in [0.3, 0.4) is 0 Å². The molecule has 1 N–H and O–H groups in total. The van der Waals surface area contributed by atoms with E-state index >= 15 is 0 Å². The number of ether oxygens (including phenoxy) is 1. The second kappa shape index (κ2) is 7.83. The molecule has 2 aromatic carbocycles. The van der Waals surface area contributed by atoms with E-state index in [0.717, 1.165) is 24.0 Å². The Morgan fingerprint density at radius 1 is 1.10 bits per heavy atom. The van der Waals surface area contributed by atoms with E-state index in [9.17, 15) is 18.3 Å². The molecule has 2 unspecified atom stereocenters. The van der Waals surface area contributed by atoms with Crippen molar-refractivity contribution in [3.05, 3.63) is 71.4 Å². The Hall–Kier alpha value is -2.60. The number of rotatable bonds is 5. The molecule has 0 bridgehead atoms. The van der Waals surface area contributed by atoms with Gasteiger partial charge >= 0.3 is 6.18 Å². The number of pyridine rings is 1. The normalized spacial score (nSPS) is 20.8. The highest BCUT2D eigenvalue weighted by Crippen LogP contribution is 2.50. The first-order chi connectivity index (χ1) is 14.7. The van der Waals surface area contributed by atoms with Gasteiger partial charge in [-0.2, -0.15) is 13.2 Å². The number of aliphatic hydroxyl groups is 1. The molecule has 1 heterocycles. The van der Waals surface area contributed by atoms with E-state index in [0.29, 0.717) is 28.6 Å². The number of halogens is 3. The molecule has 3 nitrogen and oxygen atoms in total. The van der Waals surface area contributed by atoms with Crippen LogP contribution < -0.4 is 4.74 Å². The van der Waals surface area contributed by atoms with Gasteiger partial charge in [0, 0.05) is 23.6 Å². The fourth-order valence-electron chi connectivity index (χ4n) is 5.14.